The molecular weight excluding hydrogens is 832 g/mol. The van der Waals surface area contributed by atoms with Crippen molar-refractivity contribution in [1.29, 1.82) is 0 Å². The third kappa shape index (κ3) is 9.15. The molecule has 0 aliphatic carbocycles. The van der Waals surface area contributed by atoms with Crippen LogP contribution in [-0.4, -0.2) is 64.0 Å². The van der Waals surface area contributed by atoms with Crippen LogP contribution in [0, 0.1) is 11.8 Å². The minimum absolute atomic E-state index is 0.0846. The van der Waals surface area contributed by atoms with Gasteiger partial charge >= 0.3 is 5.97 Å². The Morgan fingerprint density at radius 1 is 0.688 bits per heavy atom. The number of likely N-dealkylation sites (tertiary alicyclic amines) is 1. The van der Waals surface area contributed by atoms with E-state index < -0.39 is 40.8 Å². The summed E-state index contributed by atoms with van der Waals surface area (Å²) in [7, 11) is 0. The van der Waals surface area contributed by atoms with E-state index >= 15 is 9.59 Å². The molecule has 0 radical (unpaired) electrons. The Morgan fingerprint density at radius 2 is 1.09 bits per heavy atom. The summed E-state index contributed by atoms with van der Waals surface area (Å²) in [6, 6.07) is 60.3. The van der Waals surface area contributed by atoms with Gasteiger partial charge < -0.3 is 14.2 Å². The third-order valence-electron chi connectivity index (χ3n) is 11.6. The average molecular weight is 887 g/mol. The number of rotatable bonds is 14. The Bertz CT molecular complexity index is 2410. The molecule has 2 aliphatic rings. The number of nitrogens with one attached hydrogen (secondary N) is 1. The van der Waals surface area contributed by atoms with Crippen LogP contribution < -0.4 is 21.2 Å². The normalized spacial score (nSPS) is 17.4. The van der Waals surface area contributed by atoms with Crippen LogP contribution in [0.2, 0.25) is 0 Å². The van der Waals surface area contributed by atoms with Gasteiger partial charge in [0.1, 0.15) is 22.4 Å². The number of benzene rings is 6. The van der Waals surface area contributed by atoms with E-state index in [9.17, 15) is 0 Å². The fraction of sp³-hybridized carbons (Fsp3) is 0.255. The molecule has 2 heterocycles. The molecule has 2 saturated heterocycles. The molecule has 6 aromatic rings. The lowest BCUT2D eigenvalue weighted by atomic mass is 9.76. The van der Waals surface area contributed by atoms with Gasteiger partial charge in [0.2, 0.25) is 5.91 Å². The fourth-order valence-electron chi connectivity index (χ4n) is 8.83. The molecule has 0 bridgehead atoms. The summed E-state index contributed by atoms with van der Waals surface area (Å²) in [5.74, 6) is 5.66. The number of ether oxygens (including phenoxy) is 3. The van der Waals surface area contributed by atoms with Gasteiger partial charge in [-0.2, -0.15) is 0 Å². The zero-order valence-corrected chi connectivity index (χ0v) is 38.5. The molecule has 1 amide bonds. The standard InChI is InChI=1S/C55H55N2O5PS/c1-5-24-48(61-44-37-39-60-40-38-44)64-52-49(56-55(41-25-12-6-13-26-41,42-27-14-7-15-28-42)43-29-16-8-17-30-43)50(58)57(52)51(53(59)62-54(2,3)4)63(45-31-18-9-19-32-45,46-33-20-10-21-34-46)47-35-22-11-23-36-47/h6-23,25-36,44,48-49,52,56H,37-40H2,1-4H3. The minimum atomic E-state index is -3.23. The number of amides is 1. The van der Waals surface area contributed by atoms with Crippen LogP contribution in [0.15, 0.2) is 182 Å². The second-order valence-corrected chi connectivity index (χ2v) is 21.4. The van der Waals surface area contributed by atoms with E-state index in [0.29, 0.717) is 18.6 Å². The summed E-state index contributed by atoms with van der Waals surface area (Å²) < 4.78 is 19.0. The summed E-state index contributed by atoms with van der Waals surface area (Å²) in [6.07, 6.45) is 1.38. The van der Waals surface area contributed by atoms with E-state index in [0.717, 1.165) is 45.4 Å². The molecule has 3 atom stereocenters. The smallest absolute Gasteiger partial charge is 0.356 e. The summed E-state index contributed by atoms with van der Waals surface area (Å²) in [5.41, 5.74) is 0.646. The van der Waals surface area contributed by atoms with Gasteiger partial charge in [-0.15, -0.1) is 5.92 Å². The first-order valence-electron chi connectivity index (χ1n) is 21.9. The van der Waals surface area contributed by atoms with E-state index in [1.54, 1.807) is 11.8 Å². The molecule has 0 saturated carbocycles. The molecule has 6 aromatic carbocycles. The Hall–Kier alpha value is -5.65. The van der Waals surface area contributed by atoms with Crippen molar-refractivity contribution in [2.75, 3.05) is 13.2 Å². The van der Waals surface area contributed by atoms with Gasteiger partial charge in [0, 0.05) is 20.1 Å². The first-order valence-corrected chi connectivity index (χ1v) is 24.6. The maximum Gasteiger partial charge on any atom is 0.356 e. The highest BCUT2D eigenvalue weighted by atomic mass is 32.2. The van der Waals surface area contributed by atoms with Gasteiger partial charge in [-0.05, 0) is 73.1 Å². The predicted molar refractivity (Wildman–Crippen MR) is 263 cm³/mol. The molecule has 7 nitrogen and oxygen atoms in total. The van der Waals surface area contributed by atoms with E-state index in [2.05, 4.69) is 90.0 Å². The van der Waals surface area contributed by atoms with Gasteiger partial charge in [-0.1, -0.05) is 200 Å². The van der Waals surface area contributed by atoms with E-state index in [1.165, 1.54) is 11.8 Å². The maximum atomic E-state index is 16.1. The molecular formula is C55H55N2O5PS. The summed E-state index contributed by atoms with van der Waals surface area (Å²) in [6.45, 7) is 5.38. The summed E-state index contributed by atoms with van der Waals surface area (Å²) in [5, 5.41) is 6.06. The van der Waals surface area contributed by atoms with Gasteiger partial charge in [-0.3, -0.25) is 15.0 Å². The van der Waals surface area contributed by atoms with Crippen molar-refractivity contribution in [3.05, 3.63) is 199 Å². The fourth-order valence-corrected chi connectivity index (χ4v) is 14.6. The number of esters is 1. The highest BCUT2D eigenvalue weighted by Gasteiger charge is 2.58. The molecule has 2 fully saturated rings. The van der Waals surface area contributed by atoms with E-state index in [4.69, 9.17) is 14.2 Å². The van der Waals surface area contributed by atoms with Gasteiger partial charge in [-0.25, -0.2) is 4.79 Å². The number of carbonyl (C=O) groups excluding carboxylic acids is 2. The van der Waals surface area contributed by atoms with Gasteiger partial charge in [0.05, 0.1) is 11.6 Å². The van der Waals surface area contributed by atoms with Crippen molar-refractivity contribution in [2.45, 2.75) is 74.6 Å². The lowest BCUT2D eigenvalue weighted by Crippen LogP contribution is -2.74. The van der Waals surface area contributed by atoms with Crippen LogP contribution in [0.5, 0.6) is 0 Å². The summed E-state index contributed by atoms with van der Waals surface area (Å²) >= 11 is 1.46. The Labute approximate surface area is 382 Å². The number of nitrogens with zero attached hydrogens (tertiary/aromatic N) is 1. The van der Waals surface area contributed by atoms with Crippen LogP contribution in [0.4, 0.5) is 0 Å². The maximum absolute atomic E-state index is 16.1. The predicted octanol–water partition coefficient (Wildman–Crippen LogP) is 8.85. The molecule has 3 unspecified atom stereocenters. The topological polar surface area (TPSA) is 77.1 Å². The second kappa shape index (κ2) is 20.0. The van der Waals surface area contributed by atoms with Crippen molar-refractivity contribution in [1.82, 2.24) is 10.2 Å². The number of carbonyl (C=O) groups is 2. The van der Waals surface area contributed by atoms with Crippen LogP contribution in [0.25, 0.3) is 0 Å². The first-order chi connectivity index (χ1) is 31.2. The van der Waals surface area contributed by atoms with E-state index in [1.807, 2.05) is 130 Å². The van der Waals surface area contributed by atoms with Crippen molar-refractivity contribution in [3.63, 3.8) is 0 Å². The van der Waals surface area contributed by atoms with Gasteiger partial charge in [0.15, 0.2) is 5.44 Å². The molecule has 9 heteroatoms. The van der Waals surface area contributed by atoms with Crippen molar-refractivity contribution < 1.29 is 23.8 Å². The van der Waals surface area contributed by atoms with E-state index in [-0.39, 0.29) is 12.0 Å². The zero-order chi connectivity index (χ0) is 44.6. The Balaban J connectivity index is 1.43. The number of hydrogen-bond acceptors (Lipinski definition) is 7. The monoisotopic (exact) mass is 886 g/mol. The Morgan fingerprint density at radius 3 is 1.48 bits per heavy atom. The number of thioether (sulfide) groups is 1. The second-order valence-electron chi connectivity index (χ2n) is 16.9. The quantitative estimate of drug-likeness (QED) is 0.0293. The average Bonchev–Trinajstić information content (AvgIpc) is 3.33. The van der Waals surface area contributed by atoms with Crippen molar-refractivity contribution in [3.8, 4) is 11.8 Å². The molecule has 1 N–H and O–H groups in total. The number of β-lactam (4-membered cyclic amide) rings is 1. The number of hydrogen-bond donors (Lipinski definition) is 1. The molecule has 0 aromatic heterocycles. The highest BCUT2D eigenvalue weighted by molar-refractivity contribution is 8.01. The minimum Gasteiger partial charge on any atom is -0.455 e. The zero-order valence-electron chi connectivity index (χ0n) is 36.8. The Kier molecular flexibility index (Phi) is 14.1. The van der Waals surface area contributed by atoms with Crippen LogP contribution in [0.3, 0.4) is 0 Å². The largest absolute Gasteiger partial charge is 0.455 e. The lowest BCUT2D eigenvalue weighted by molar-refractivity contribution is -0.151. The van der Waals surface area contributed by atoms with Crippen LogP contribution in [0.1, 0.15) is 57.2 Å². The van der Waals surface area contributed by atoms with Gasteiger partial charge in [0.25, 0.3) is 0 Å². The lowest BCUT2D eigenvalue weighted by Gasteiger charge is -2.53. The van der Waals surface area contributed by atoms with Crippen LogP contribution >= 0.6 is 18.6 Å². The van der Waals surface area contributed by atoms with Crippen molar-refractivity contribution in [2.24, 2.45) is 0 Å². The molecule has 2 aliphatic heterocycles. The molecule has 64 heavy (non-hydrogen) atoms. The molecule has 0 spiro atoms. The van der Waals surface area contributed by atoms with Crippen LogP contribution in [-0.2, 0) is 29.3 Å². The summed E-state index contributed by atoms with van der Waals surface area (Å²) in [4.78, 5) is 33.5. The molecule has 326 valence electrons. The third-order valence-corrected chi connectivity index (χ3v) is 17.1. The van der Waals surface area contributed by atoms with Crippen molar-refractivity contribution >= 4 is 51.9 Å². The first kappa shape index (κ1) is 44.9. The SMILES string of the molecule is CC#CC(OC1CCOCC1)SC1C(NC(c2ccccc2)(c2ccccc2)c2ccccc2)C(=O)N1C(C(=O)OC(C)(C)C)=P(c1ccccc1)(c1ccccc1)c1ccccc1. The highest BCUT2D eigenvalue weighted by Crippen LogP contribution is 2.51. The molecule has 8 rings (SSSR count).